The van der Waals surface area contributed by atoms with Crippen molar-refractivity contribution in [2.75, 3.05) is 128 Å². The van der Waals surface area contributed by atoms with Crippen molar-refractivity contribution >= 4 is 0 Å². The molecule has 8 aromatic carbocycles. The van der Waals surface area contributed by atoms with Gasteiger partial charge in [0.15, 0.2) is 0 Å². The fourth-order valence-corrected chi connectivity index (χ4v) is 12.7. The van der Waals surface area contributed by atoms with Crippen molar-refractivity contribution < 1.29 is 156 Å². The van der Waals surface area contributed by atoms with Gasteiger partial charge in [-0.2, -0.15) is 13.2 Å². The first-order chi connectivity index (χ1) is 66.9. The standard InChI is InChI=1S/C34H38O6.C26H35F3O6.C25H31FO4.C23H25F7O5.6CH4.6H2/c1-6-8-9-10-11-12-13-29-24-31(26-37-20-18-35-4)34(32(25-29)27-38-21-19-36-5)40-23-22-39-33-16-14-30(15-17-33)28(3)7-2;1-6-25(2,3)21-7-9-23(10-8-21)34-11-12-35-24-19(15-32-17-30-4)13-22(26(27,28)29)14-20(24)16-33-18-31-5;1-6-25(4,5)21-9-11-23(12-10-21)29-13-14-30-24-19(17-27-7-2)15-22(26)16-20(24)18-28-8-3;1-4-21(2,24)17-5-7-18(8-6-17)32-9-10-33-20-15(13-34-22(25,26)27)11-19(31-3)12-16(20)14-35-23(28,29)30;;;;;;;;;;;;/h1,14-17,24-25,28H,7,18-23,26-27H2,2-5H3;7-10,13-14H,6,11-12,15-18H2,1-5H3;7-12,15-16H,2-3,6,13-14,17-18H2,1,4-5H3;5-8,11-12H,4,9-10,13-14H2,1-3H3;6*1H4;6*1H. The van der Waals surface area contributed by atoms with Gasteiger partial charge < -0.3 is 90.0 Å². The average molecular weight is 2080 g/mol. The SMILES string of the molecule is C.C.C.C.C.C.C#CC#CC#CC#Cc1cc(COCCOC)c(OCCOc2ccc(C(C)CC)cc2)c(COCCOC)c1.C=COCc1cc(F)cc(COC=C)c1OCCOc1ccc(C(C)(C)CC)cc1.CCC(C)(C)c1ccc(OCCOc2c(COCOC)cc(C(F)(F)F)cc2COCOC)cc1.CCC(C)(F)c1ccc(OCCOc2c(COC(F)(F)F)cc(OC)cc2COC(F)(F)F)cc1.[HH].[HH].[HH].[HH].[HH].[HH]. The first-order valence-electron chi connectivity index (χ1n) is 45.0. The topological polar surface area (TPSA) is 194 Å². The number of ether oxygens (including phenoxy) is 21. The molecular weight excluding hydrogens is 1910 g/mol. The smallest absolute Gasteiger partial charge is 0.497 e. The summed E-state index contributed by atoms with van der Waals surface area (Å²) in [4.78, 5) is 0. The number of terminal acetylenes is 1. The summed E-state index contributed by atoms with van der Waals surface area (Å²) in [7, 11) is 7.33. The van der Waals surface area contributed by atoms with Crippen LogP contribution in [0.2, 0.25) is 0 Å². The van der Waals surface area contributed by atoms with Gasteiger partial charge in [-0.1, -0.05) is 174 Å². The Morgan fingerprint density at radius 3 is 0.986 bits per heavy atom. The van der Waals surface area contributed by atoms with Crippen LogP contribution in [0.15, 0.2) is 171 Å². The minimum absolute atomic E-state index is 0. The molecule has 0 bridgehead atoms. The van der Waals surface area contributed by atoms with Gasteiger partial charge in [-0.15, -0.1) is 32.8 Å². The third-order valence-electron chi connectivity index (χ3n) is 21.4. The molecule has 32 heteroatoms. The monoisotopic (exact) mass is 2080 g/mol. The van der Waals surface area contributed by atoms with Gasteiger partial charge in [0.25, 0.3) is 0 Å². The molecule has 0 saturated carbocycles. The van der Waals surface area contributed by atoms with Gasteiger partial charge in [0.05, 0.1) is 91.3 Å². The van der Waals surface area contributed by atoms with Gasteiger partial charge in [-0.3, -0.25) is 9.47 Å². The van der Waals surface area contributed by atoms with Crippen molar-refractivity contribution in [1.82, 2.24) is 0 Å². The number of benzene rings is 8. The molecule has 0 heterocycles. The summed E-state index contributed by atoms with van der Waals surface area (Å²) in [6, 6.07) is 41.4. The molecule has 0 saturated heterocycles. The Morgan fingerprint density at radius 1 is 0.349 bits per heavy atom. The van der Waals surface area contributed by atoms with Crippen LogP contribution in [-0.4, -0.2) is 141 Å². The van der Waals surface area contributed by atoms with E-state index in [-0.39, 0.29) is 189 Å². The number of alkyl halides is 10. The summed E-state index contributed by atoms with van der Waals surface area (Å²) in [5, 5.41) is 0. The van der Waals surface area contributed by atoms with Crippen LogP contribution in [-0.2, 0) is 132 Å². The van der Waals surface area contributed by atoms with Crippen LogP contribution in [0, 0.1) is 53.7 Å². The lowest BCUT2D eigenvalue weighted by molar-refractivity contribution is -0.330. The molecule has 0 aliphatic heterocycles. The van der Waals surface area contributed by atoms with E-state index < -0.39 is 43.3 Å². The van der Waals surface area contributed by atoms with E-state index in [1.165, 1.54) is 69.6 Å². The van der Waals surface area contributed by atoms with E-state index in [4.69, 9.17) is 96.4 Å². The quantitative estimate of drug-likeness (QED) is 0.0115. The van der Waals surface area contributed by atoms with Gasteiger partial charge in [0.2, 0.25) is 0 Å². The molecule has 0 fully saturated rings. The molecule has 0 N–H and O–H groups in total. The third-order valence-corrected chi connectivity index (χ3v) is 21.4. The Labute approximate surface area is 869 Å². The van der Waals surface area contributed by atoms with Crippen molar-refractivity contribution in [2.45, 2.75) is 234 Å². The Balaban J connectivity index is -0.000000297. The van der Waals surface area contributed by atoms with E-state index in [1.807, 2.05) is 60.7 Å². The second-order valence-electron chi connectivity index (χ2n) is 32.3. The van der Waals surface area contributed by atoms with Crippen molar-refractivity contribution in [3.8, 4) is 99.6 Å². The summed E-state index contributed by atoms with van der Waals surface area (Å²) in [5.41, 5.74) is 5.80. The van der Waals surface area contributed by atoms with Crippen LogP contribution in [0.4, 0.5) is 48.3 Å². The van der Waals surface area contributed by atoms with Crippen molar-refractivity contribution in [2.24, 2.45) is 0 Å². The minimum Gasteiger partial charge on any atom is -0.497 e. The zero-order chi connectivity index (χ0) is 103. The van der Waals surface area contributed by atoms with E-state index in [2.05, 4.69) is 144 Å². The Kier molecular flexibility index (Phi) is 67.5. The number of methoxy groups -OCH3 is 5. The molecule has 824 valence electrons. The van der Waals surface area contributed by atoms with E-state index >= 15 is 0 Å². The first kappa shape index (κ1) is 136. The lowest BCUT2D eigenvalue weighted by Crippen LogP contribution is -2.17. The molecule has 2 atom stereocenters. The highest BCUT2D eigenvalue weighted by atomic mass is 19.4. The maximum absolute atomic E-state index is 14.3. The lowest BCUT2D eigenvalue weighted by atomic mass is 9.82. The minimum atomic E-state index is -4.98. The number of halogens is 11. The molecule has 0 aromatic heterocycles. The number of hydrogen-bond donors (Lipinski definition) is 0. The summed E-state index contributed by atoms with van der Waals surface area (Å²) in [6.07, 6.45) is -3.32. The van der Waals surface area contributed by atoms with E-state index in [0.717, 1.165) is 71.7 Å². The maximum atomic E-state index is 14.3. The molecule has 0 radical (unpaired) electrons. The molecule has 0 aliphatic carbocycles. The van der Waals surface area contributed by atoms with Gasteiger partial charge in [-0.25, -0.2) is 8.78 Å². The largest absolute Gasteiger partial charge is 0.522 e. The van der Waals surface area contributed by atoms with Crippen molar-refractivity contribution in [3.63, 3.8) is 0 Å². The molecule has 21 nitrogen and oxygen atoms in total. The molecule has 8 rings (SSSR count). The summed E-state index contributed by atoms with van der Waals surface area (Å²) < 4.78 is 256. The highest BCUT2D eigenvalue weighted by molar-refractivity contribution is 5.53. The summed E-state index contributed by atoms with van der Waals surface area (Å²) in [6.45, 7) is 29.4. The van der Waals surface area contributed by atoms with Crippen molar-refractivity contribution in [1.29, 1.82) is 0 Å². The number of hydrogen-bond acceptors (Lipinski definition) is 21. The summed E-state index contributed by atoms with van der Waals surface area (Å²) in [5.74, 6) is 22.3. The maximum Gasteiger partial charge on any atom is 0.522 e. The normalized spacial score (nSPS) is 11.4. The summed E-state index contributed by atoms with van der Waals surface area (Å²) >= 11 is 0. The van der Waals surface area contributed by atoms with Gasteiger partial charge >= 0.3 is 18.9 Å². The predicted octanol–water partition coefficient (Wildman–Crippen LogP) is 29.5. The van der Waals surface area contributed by atoms with E-state index in [0.29, 0.717) is 105 Å². The zero-order valence-electron chi connectivity index (χ0n) is 82.2. The Bertz CT molecular complexity index is 5120. The highest BCUT2D eigenvalue weighted by Crippen LogP contribution is 2.40. The van der Waals surface area contributed by atoms with Crippen LogP contribution < -0.4 is 42.6 Å². The van der Waals surface area contributed by atoms with Gasteiger partial charge in [0.1, 0.15) is 143 Å². The highest BCUT2D eigenvalue weighted by Gasteiger charge is 2.35. The average Bonchev–Trinajstić information content (AvgIpc) is 0.784. The molecule has 146 heavy (non-hydrogen) atoms. The van der Waals surface area contributed by atoms with Crippen LogP contribution in [0.3, 0.4) is 0 Å². The van der Waals surface area contributed by atoms with Crippen molar-refractivity contribution in [3.05, 3.63) is 255 Å². The Morgan fingerprint density at radius 2 is 0.671 bits per heavy atom. The Hall–Kier alpha value is -11.9. The molecule has 2 unspecified atom stereocenters. The molecular formula is C114H165F11O21. The van der Waals surface area contributed by atoms with Crippen LogP contribution in [0.5, 0.6) is 51.7 Å². The zero-order valence-corrected chi connectivity index (χ0v) is 82.2. The second kappa shape index (κ2) is 72.4. The third kappa shape index (κ3) is 51.0. The molecule has 0 aliphatic rings. The van der Waals surface area contributed by atoms with E-state index in [1.54, 1.807) is 45.4 Å². The number of rotatable bonds is 57. The van der Waals surface area contributed by atoms with Crippen LogP contribution in [0.1, 0.15) is 232 Å². The molecule has 8 aromatic rings. The predicted molar refractivity (Wildman–Crippen MR) is 563 cm³/mol. The van der Waals surface area contributed by atoms with E-state index in [9.17, 15) is 48.3 Å². The first-order valence-corrected chi connectivity index (χ1v) is 45.0. The molecule has 0 spiro atoms. The second-order valence-corrected chi connectivity index (χ2v) is 32.3. The van der Waals surface area contributed by atoms with Crippen LogP contribution >= 0.6 is 0 Å². The van der Waals surface area contributed by atoms with Crippen LogP contribution in [0.25, 0.3) is 0 Å². The van der Waals surface area contributed by atoms with Gasteiger partial charge in [-0.05, 0) is 204 Å². The fraction of sp³-hybridized carbons (Fsp3) is 0.474. The molecule has 0 amide bonds. The van der Waals surface area contributed by atoms with Gasteiger partial charge in [0, 0.05) is 87.1 Å². The lowest BCUT2D eigenvalue weighted by Gasteiger charge is -2.23. The fourth-order valence-electron chi connectivity index (χ4n) is 12.7.